The summed E-state index contributed by atoms with van der Waals surface area (Å²) in [5.41, 5.74) is 0.859. The Morgan fingerprint density at radius 2 is 1.79 bits per heavy atom. The molecule has 0 saturated heterocycles. The Morgan fingerprint density at radius 1 is 1.05 bits per heavy atom. The highest BCUT2D eigenvalue weighted by atomic mass is 19.2. The van der Waals surface area contributed by atoms with E-state index in [1.807, 2.05) is 0 Å². The lowest BCUT2D eigenvalue weighted by atomic mass is 10.0. The summed E-state index contributed by atoms with van der Waals surface area (Å²) >= 11 is 0. The van der Waals surface area contributed by atoms with Gasteiger partial charge < -0.3 is 5.32 Å². The summed E-state index contributed by atoms with van der Waals surface area (Å²) in [5.74, 6) is -1.38. The third kappa shape index (κ3) is 4.90. The number of hydrogen-bond acceptors (Lipinski definition) is 1. The summed E-state index contributed by atoms with van der Waals surface area (Å²) in [7, 11) is 0. The molecule has 1 atom stereocenters. The first-order valence-corrected chi connectivity index (χ1v) is 7.27. The Hall–Kier alpha value is -0.960. The van der Waals surface area contributed by atoms with Crippen molar-refractivity contribution in [2.75, 3.05) is 6.54 Å². The van der Waals surface area contributed by atoms with Crippen LogP contribution in [0.2, 0.25) is 0 Å². The molecular formula is C16H25F2N. The zero-order chi connectivity index (χ0) is 14.3. The average molecular weight is 269 g/mol. The van der Waals surface area contributed by atoms with Gasteiger partial charge in [-0.3, -0.25) is 0 Å². The van der Waals surface area contributed by atoms with Gasteiger partial charge in [-0.15, -0.1) is 0 Å². The number of hydrogen-bond donors (Lipinski definition) is 1. The molecule has 0 aromatic heterocycles. The Labute approximate surface area is 115 Å². The van der Waals surface area contributed by atoms with E-state index in [1.54, 1.807) is 19.1 Å². The first-order valence-electron chi connectivity index (χ1n) is 7.27. The minimum absolute atomic E-state index is 0.371. The summed E-state index contributed by atoms with van der Waals surface area (Å²) in [6.45, 7) is 6.85. The number of benzene rings is 1. The van der Waals surface area contributed by atoms with Gasteiger partial charge in [0.15, 0.2) is 11.6 Å². The van der Waals surface area contributed by atoms with Gasteiger partial charge in [0.1, 0.15) is 0 Å². The maximum absolute atomic E-state index is 13.8. The second-order valence-electron chi connectivity index (χ2n) is 5.15. The van der Waals surface area contributed by atoms with Crippen LogP contribution in [0, 0.1) is 18.6 Å². The van der Waals surface area contributed by atoms with Crippen molar-refractivity contribution in [2.24, 2.45) is 0 Å². The molecule has 1 aromatic carbocycles. The fourth-order valence-corrected chi connectivity index (χ4v) is 2.25. The van der Waals surface area contributed by atoms with Crippen LogP contribution in [0.25, 0.3) is 0 Å². The standard InChI is InChI=1S/C16H25F2N/c1-4-6-14(19-11-5-2)10-9-13-8-7-12(3)15(17)16(13)18/h7-8,14,19H,4-6,9-11H2,1-3H3. The highest BCUT2D eigenvalue weighted by Gasteiger charge is 2.13. The highest BCUT2D eigenvalue weighted by molar-refractivity contribution is 5.25. The molecule has 0 bridgehead atoms. The quantitative estimate of drug-likeness (QED) is 0.738. The lowest BCUT2D eigenvalue weighted by Gasteiger charge is -2.18. The van der Waals surface area contributed by atoms with Crippen LogP contribution in [-0.2, 0) is 6.42 Å². The van der Waals surface area contributed by atoms with Gasteiger partial charge >= 0.3 is 0 Å². The lowest BCUT2D eigenvalue weighted by molar-refractivity contribution is 0.439. The molecule has 0 saturated carbocycles. The lowest BCUT2D eigenvalue weighted by Crippen LogP contribution is -2.30. The van der Waals surface area contributed by atoms with Crippen molar-refractivity contribution in [2.45, 2.75) is 58.9 Å². The normalized spacial score (nSPS) is 12.7. The van der Waals surface area contributed by atoms with Crippen LogP contribution in [0.15, 0.2) is 12.1 Å². The van der Waals surface area contributed by atoms with Crippen molar-refractivity contribution in [1.29, 1.82) is 0 Å². The van der Waals surface area contributed by atoms with Crippen molar-refractivity contribution >= 4 is 0 Å². The summed E-state index contributed by atoms with van der Waals surface area (Å²) in [6, 6.07) is 3.76. The molecule has 0 aliphatic carbocycles. The molecule has 0 amide bonds. The second kappa shape index (κ2) is 8.26. The first-order chi connectivity index (χ1) is 9.10. The number of nitrogens with one attached hydrogen (secondary N) is 1. The van der Waals surface area contributed by atoms with E-state index in [0.717, 1.165) is 32.2 Å². The van der Waals surface area contributed by atoms with E-state index >= 15 is 0 Å². The van der Waals surface area contributed by atoms with Gasteiger partial charge in [-0.25, -0.2) is 8.78 Å². The minimum atomic E-state index is -0.703. The van der Waals surface area contributed by atoms with E-state index in [-0.39, 0.29) is 0 Å². The van der Waals surface area contributed by atoms with E-state index in [2.05, 4.69) is 19.2 Å². The molecule has 0 fully saturated rings. The van der Waals surface area contributed by atoms with E-state index in [0.29, 0.717) is 23.6 Å². The largest absolute Gasteiger partial charge is 0.314 e. The van der Waals surface area contributed by atoms with Gasteiger partial charge in [0, 0.05) is 6.04 Å². The highest BCUT2D eigenvalue weighted by Crippen LogP contribution is 2.18. The van der Waals surface area contributed by atoms with Gasteiger partial charge in [0.05, 0.1) is 0 Å². The third-order valence-electron chi connectivity index (χ3n) is 3.44. The molecule has 0 heterocycles. The van der Waals surface area contributed by atoms with Crippen LogP contribution < -0.4 is 5.32 Å². The average Bonchev–Trinajstić information content (AvgIpc) is 2.41. The molecule has 0 spiro atoms. The predicted octanol–water partition coefficient (Wildman–Crippen LogP) is 4.37. The molecule has 1 aromatic rings. The van der Waals surface area contributed by atoms with Crippen LogP contribution >= 0.6 is 0 Å². The molecule has 19 heavy (non-hydrogen) atoms. The fourth-order valence-electron chi connectivity index (χ4n) is 2.25. The van der Waals surface area contributed by atoms with E-state index in [4.69, 9.17) is 0 Å². The Bertz CT molecular complexity index is 391. The van der Waals surface area contributed by atoms with Gasteiger partial charge in [-0.05, 0) is 50.3 Å². The van der Waals surface area contributed by atoms with Crippen molar-refractivity contribution in [3.63, 3.8) is 0 Å². The number of halogens is 2. The monoisotopic (exact) mass is 269 g/mol. The van der Waals surface area contributed by atoms with Gasteiger partial charge in [0.25, 0.3) is 0 Å². The van der Waals surface area contributed by atoms with Crippen molar-refractivity contribution in [1.82, 2.24) is 5.32 Å². The Balaban J connectivity index is 2.61. The van der Waals surface area contributed by atoms with Crippen LogP contribution in [0.5, 0.6) is 0 Å². The first kappa shape index (κ1) is 16.1. The summed E-state index contributed by atoms with van der Waals surface area (Å²) in [5, 5.41) is 3.47. The molecule has 1 rings (SSSR count). The Kier molecular flexibility index (Phi) is 7.00. The molecule has 1 N–H and O–H groups in total. The third-order valence-corrected chi connectivity index (χ3v) is 3.44. The molecule has 3 heteroatoms. The molecule has 0 aliphatic rings. The summed E-state index contributed by atoms with van der Waals surface area (Å²) in [6.07, 6.45) is 4.72. The topological polar surface area (TPSA) is 12.0 Å². The molecule has 1 unspecified atom stereocenters. The smallest absolute Gasteiger partial charge is 0.162 e. The molecular weight excluding hydrogens is 244 g/mol. The van der Waals surface area contributed by atoms with Gasteiger partial charge in [0.2, 0.25) is 0 Å². The second-order valence-corrected chi connectivity index (χ2v) is 5.15. The molecule has 1 nitrogen and oxygen atoms in total. The predicted molar refractivity (Wildman–Crippen MR) is 76.4 cm³/mol. The molecule has 108 valence electrons. The summed E-state index contributed by atoms with van der Waals surface area (Å²) in [4.78, 5) is 0. The molecule has 0 radical (unpaired) electrons. The summed E-state index contributed by atoms with van der Waals surface area (Å²) < 4.78 is 27.2. The number of aryl methyl sites for hydroxylation is 2. The van der Waals surface area contributed by atoms with Gasteiger partial charge in [-0.2, -0.15) is 0 Å². The van der Waals surface area contributed by atoms with Crippen LogP contribution in [0.4, 0.5) is 8.78 Å². The minimum Gasteiger partial charge on any atom is -0.314 e. The number of rotatable bonds is 8. The zero-order valence-electron chi connectivity index (χ0n) is 12.2. The van der Waals surface area contributed by atoms with Crippen molar-refractivity contribution in [3.05, 3.63) is 34.9 Å². The van der Waals surface area contributed by atoms with E-state index in [1.165, 1.54) is 0 Å². The van der Waals surface area contributed by atoms with Crippen molar-refractivity contribution in [3.8, 4) is 0 Å². The maximum Gasteiger partial charge on any atom is 0.162 e. The SMILES string of the molecule is CCCNC(CCC)CCc1ccc(C)c(F)c1F. The Morgan fingerprint density at radius 3 is 2.42 bits per heavy atom. The maximum atomic E-state index is 13.8. The zero-order valence-corrected chi connectivity index (χ0v) is 12.2. The fraction of sp³-hybridized carbons (Fsp3) is 0.625. The van der Waals surface area contributed by atoms with Crippen LogP contribution in [-0.4, -0.2) is 12.6 Å². The van der Waals surface area contributed by atoms with Gasteiger partial charge in [-0.1, -0.05) is 32.4 Å². The van der Waals surface area contributed by atoms with E-state index < -0.39 is 11.6 Å². The van der Waals surface area contributed by atoms with E-state index in [9.17, 15) is 8.78 Å². The van der Waals surface area contributed by atoms with Crippen molar-refractivity contribution < 1.29 is 8.78 Å². The van der Waals surface area contributed by atoms with Crippen LogP contribution in [0.3, 0.4) is 0 Å². The van der Waals surface area contributed by atoms with Crippen LogP contribution in [0.1, 0.15) is 50.7 Å². The molecule has 0 aliphatic heterocycles.